The summed E-state index contributed by atoms with van der Waals surface area (Å²) >= 11 is 0. The third kappa shape index (κ3) is 40.7. The first kappa shape index (κ1) is 48.3. The molecule has 0 unspecified atom stereocenters. The van der Waals surface area contributed by atoms with Crippen LogP contribution in [0.25, 0.3) is 0 Å². The van der Waals surface area contributed by atoms with E-state index in [0.717, 1.165) is 12.8 Å². The molecular formula is C36H68O14. The molecule has 0 aliphatic rings. The molecule has 0 amide bonds. The van der Waals surface area contributed by atoms with Crippen LogP contribution in [0.3, 0.4) is 0 Å². The van der Waals surface area contributed by atoms with Gasteiger partial charge >= 0.3 is 11.9 Å². The molecule has 50 heavy (non-hydrogen) atoms. The fourth-order valence-corrected chi connectivity index (χ4v) is 3.91. The molecule has 0 spiro atoms. The monoisotopic (exact) mass is 724 g/mol. The molecule has 0 aromatic rings. The predicted octanol–water partition coefficient (Wildman–Crippen LogP) is 3.96. The van der Waals surface area contributed by atoms with Crippen molar-refractivity contribution in [3.63, 3.8) is 0 Å². The van der Waals surface area contributed by atoms with E-state index in [0.29, 0.717) is 144 Å². The van der Waals surface area contributed by atoms with Crippen LogP contribution < -0.4 is 0 Å². The molecule has 0 heterocycles. The number of unbranched alkanes of at least 4 members (excludes halogenated alkanes) is 6. The van der Waals surface area contributed by atoms with E-state index < -0.39 is 5.97 Å². The summed E-state index contributed by atoms with van der Waals surface area (Å²) < 4.78 is 64.5. The summed E-state index contributed by atoms with van der Waals surface area (Å²) in [5.74, 6) is -0.560. The number of carbonyl (C=O) groups is 2. The van der Waals surface area contributed by atoms with Crippen molar-refractivity contribution >= 4 is 11.9 Å². The lowest BCUT2D eigenvalue weighted by atomic mass is 10.1. The Morgan fingerprint density at radius 1 is 0.380 bits per heavy atom. The third-order valence-electron chi connectivity index (χ3n) is 6.63. The van der Waals surface area contributed by atoms with Gasteiger partial charge in [-0.1, -0.05) is 52.0 Å². The van der Waals surface area contributed by atoms with Crippen molar-refractivity contribution in [2.75, 3.05) is 145 Å². The average Bonchev–Trinajstić information content (AvgIpc) is 3.11. The lowest BCUT2D eigenvalue weighted by molar-refractivity contribution is -0.145. The highest BCUT2D eigenvalue weighted by Gasteiger charge is 2.03. The van der Waals surface area contributed by atoms with Crippen molar-refractivity contribution in [2.24, 2.45) is 0 Å². The van der Waals surface area contributed by atoms with Crippen molar-refractivity contribution in [1.82, 2.24) is 0 Å². The Morgan fingerprint density at radius 2 is 0.640 bits per heavy atom. The van der Waals surface area contributed by atoms with Gasteiger partial charge in [-0.25, -0.2) is 4.79 Å². The van der Waals surface area contributed by atoms with Crippen molar-refractivity contribution in [2.45, 2.75) is 65.2 Å². The summed E-state index contributed by atoms with van der Waals surface area (Å²) in [6, 6.07) is 0. The second-order valence-corrected chi connectivity index (χ2v) is 11.1. The van der Waals surface area contributed by atoms with Crippen LogP contribution in [0.1, 0.15) is 65.2 Å². The number of hydrogen-bond acceptors (Lipinski definition) is 14. The molecule has 14 heteroatoms. The smallest absolute Gasteiger partial charge is 0.333 e. The van der Waals surface area contributed by atoms with Gasteiger partial charge in [0.1, 0.15) is 13.2 Å². The van der Waals surface area contributed by atoms with E-state index in [1.807, 2.05) is 0 Å². The van der Waals surface area contributed by atoms with Crippen LogP contribution in [0.4, 0.5) is 0 Å². The minimum atomic E-state index is -0.415. The first-order chi connectivity index (χ1) is 24.6. The maximum atomic E-state index is 11.7. The molecule has 0 bridgehead atoms. The first-order valence-electron chi connectivity index (χ1n) is 18.3. The van der Waals surface area contributed by atoms with E-state index in [2.05, 4.69) is 13.5 Å². The molecule has 0 saturated heterocycles. The van der Waals surface area contributed by atoms with E-state index in [1.54, 1.807) is 6.92 Å². The molecule has 0 aromatic heterocycles. The molecule has 296 valence electrons. The lowest BCUT2D eigenvalue weighted by Crippen LogP contribution is -2.16. The molecule has 0 fully saturated rings. The number of rotatable bonds is 42. The Hall–Kier alpha value is -1.72. The van der Waals surface area contributed by atoms with Gasteiger partial charge in [0.15, 0.2) is 0 Å². The summed E-state index contributed by atoms with van der Waals surface area (Å²) in [6.45, 7) is 17.0. The molecule has 0 aliphatic carbocycles. The molecule has 0 saturated carbocycles. The fraction of sp³-hybridized carbons (Fsp3) is 0.889. The Labute approximate surface area is 301 Å². The number of carbonyl (C=O) groups excluding carboxylic acids is 2. The van der Waals surface area contributed by atoms with E-state index in [9.17, 15) is 9.59 Å². The van der Waals surface area contributed by atoms with Gasteiger partial charge in [-0.15, -0.1) is 0 Å². The minimum Gasteiger partial charge on any atom is -0.463 e. The molecular weight excluding hydrogens is 656 g/mol. The van der Waals surface area contributed by atoms with E-state index in [-0.39, 0.29) is 19.2 Å². The van der Waals surface area contributed by atoms with Crippen LogP contribution in [0, 0.1) is 0 Å². The van der Waals surface area contributed by atoms with Crippen LogP contribution in [0.15, 0.2) is 12.2 Å². The molecule has 0 N–H and O–H groups in total. The number of ether oxygens (including phenoxy) is 12. The van der Waals surface area contributed by atoms with Gasteiger partial charge in [-0.3, -0.25) is 4.79 Å². The average molecular weight is 725 g/mol. The largest absolute Gasteiger partial charge is 0.463 e. The maximum Gasteiger partial charge on any atom is 0.333 e. The Bertz CT molecular complexity index is 740. The van der Waals surface area contributed by atoms with Gasteiger partial charge < -0.3 is 56.8 Å². The van der Waals surface area contributed by atoms with Crippen LogP contribution in [-0.4, -0.2) is 157 Å². The zero-order valence-corrected chi connectivity index (χ0v) is 31.1. The Balaban J connectivity index is 3.12. The third-order valence-corrected chi connectivity index (χ3v) is 6.63. The van der Waals surface area contributed by atoms with Crippen molar-refractivity contribution in [3.8, 4) is 0 Å². The van der Waals surface area contributed by atoms with Crippen LogP contribution in [0.2, 0.25) is 0 Å². The molecule has 0 rings (SSSR count). The van der Waals surface area contributed by atoms with Crippen LogP contribution in [0.5, 0.6) is 0 Å². The zero-order valence-electron chi connectivity index (χ0n) is 31.1. The van der Waals surface area contributed by atoms with E-state index >= 15 is 0 Å². The molecule has 0 atom stereocenters. The van der Waals surface area contributed by atoms with Gasteiger partial charge in [-0.2, -0.15) is 0 Å². The Kier molecular flexibility index (Phi) is 40.3. The second-order valence-electron chi connectivity index (χ2n) is 11.1. The quantitative estimate of drug-likeness (QED) is 0.0509. The van der Waals surface area contributed by atoms with Gasteiger partial charge in [0.25, 0.3) is 0 Å². The molecule has 0 radical (unpaired) electrons. The normalized spacial score (nSPS) is 11.2. The summed E-state index contributed by atoms with van der Waals surface area (Å²) in [7, 11) is 0. The first-order valence-corrected chi connectivity index (χ1v) is 18.3. The summed E-state index contributed by atoms with van der Waals surface area (Å²) in [4.78, 5) is 22.9. The topological polar surface area (TPSA) is 145 Å². The van der Waals surface area contributed by atoms with Gasteiger partial charge in [0.2, 0.25) is 0 Å². The minimum absolute atomic E-state index is 0.145. The molecule has 14 nitrogen and oxygen atoms in total. The number of hydrogen-bond donors (Lipinski definition) is 0. The van der Waals surface area contributed by atoms with Gasteiger partial charge in [0, 0.05) is 12.0 Å². The summed E-state index contributed by atoms with van der Waals surface area (Å²) in [5.41, 5.74) is 0.368. The highest BCUT2D eigenvalue weighted by Crippen LogP contribution is 2.08. The maximum absolute atomic E-state index is 11.7. The molecule has 0 aromatic carbocycles. The van der Waals surface area contributed by atoms with Gasteiger partial charge in [-0.05, 0) is 13.3 Å². The van der Waals surface area contributed by atoms with Crippen molar-refractivity contribution in [1.29, 1.82) is 0 Å². The molecule has 0 aliphatic heterocycles. The summed E-state index contributed by atoms with van der Waals surface area (Å²) in [6.07, 6.45) is 8.77. The fourth-order valence-electron chi connectivity index (χ4n) is 3.91. The van der Waals surface area contributed by atoms with Crippen molar-refractivity contribution in [3.05, 3.63) is 12.2 Å². The highest BCUT2D eigenvalue weighted by atomic mass is 16.6. The highest BCUT2D eigenvalue weighted by molar-refractivity contribution is 5.86. The lowest BCUT2D eigenvalue weighted by Gasteiger charge is -2.09. The second kappa shape index (κ2) is 41.7. The standard InChI is InChI=1S/C36H68O14/c1-4-5-6-7-8-9-10-11-35(37)49-32-30-47-28-26-45-24-22-43-20-18-41-16-14-39-12-13-40-15-17-42-19-21-44-23-25-46-27-29-48-31-33-50-36(38)34(2)3/h2,4-33H2,1,3H3. The number of esters is 2. The van der Waals surface area contributed by atoms with Crippen LogP contribution in [-0.2, 0) is 66.4 Å². The van der Waals surface area contributed by atoms with E-state index in [1.165, 1.54) is 32.1 Å². The SMILES string of the molecule is C=C(C)C(=O)OCCOCCOCCOCCOCCOCCOCCOCCOCCOCCOCCOC(=O)CCCCCCCCC. The van der Waals surface area contributed by atoms with E-state index in [4.69, 9.17) is 56.8 Å². The van der Waals surface area contributed by atoms with Crippen molar-refractivity contribution < 1.29 is 66.4 Å². The summed E-state index contributed by atoms with van der Waals surface area (Å²) in [5, 5.41) is 0. The van der Waals surface area contributed by atoms with Crippen LogP contribution >= 0.6 is 0 Å². The predicted molar refractivity (Wildman–Crippen MR) is 188 cm³/mol. The zero-order chi connectivity index (χ0) is 36.4. The Morgan fingerprint density at radius 3 is 0.940 bits per heavy atom. The van der Waals surface area contributed by atoms with Gasteiger partial charge in [0.05, 0.1) is 132 Å².